The van der Waals surface area contributed by atoms with Crippen LogP contribution >= 0.6 is 11.6 Å². The van der Waals surface area contributed by atoms with Gasteiger partial charge in [0, 0.05) is 17.7 Å². The van der Waals surface area contributed by atoms with E-state index in [0.29, 0.717) is 16.5 Å². The number of nitro benzene ring substituents is 1. The molecule has 0 saturated carbocycles. The van der Waals surface area contributed by atoms with Crippen molar-refractivity contribution in [1.82, 2.24) is 5.43 Å². The Morgan fingerprint density at radius 1 is 0.941 bits per heavy atom. The number of hydrogen-bond acceptors (Lipinski definition) is 6. The number of nitro groups is 1. The summed E-state index contributed by atoms with van der Waals surface area (Å²) < 4.78 is 11.3. The van der Waals surface area contributed by atoms with Gasteiger partial charge in [0.25, 0.3) is 17.5 Å². The molecule has 0 aliphatic carbocycles. The lowest BCUT2D eigenvalue weighted by atomic mass is 10.1. The highest BCUT2D eigenvalue weighted by molar-refractivity contribution is 6.32. The number of non-ortho nitro benzene ring substituents is 1. The molecule has 34 heavy (non-hydrogen) atoms. The van der Waals surface area contributed by atoms with Crippen LogP contribution in [0, 0.1) is 10.1 Å². The van der Waals surface area contributed by atoms with Crippen molar-refractivity contribution < 1.29 is 24.0 Å². The maximum absolute atomic E-state index is 12.9. The molecule has 0 radical (unpaired) electrons. The molecule has 0 aromatic heterocycles. The van der Waals surface area contributed by atoms with Gasteiger partial charge in [-0.05, 0) is 36.4 Å². The van der Waals surface area contributed by atoms with Crippen LogP contribution in [0.1, 0.15) is 5.56 Å². The molecule has 9 nitrogen and oxygen atoms in total. The van der Waals surface area contributed by atoms with Gasteiger partial charge >= 0.3 is 0 Å². The van der Waals surface area contributed by atoms with E-state index in [0.717, 1.165) is 5.01 Å². The number of hydrazine groups is 1. The maximum Gasteiger partial charge on any atom is 0.282 e. The van der Waals surface area contributed by atoms with Gasteiger partial charge < -0.3 is 9.47 Å². The minimum Gasteiger partial charge on any atom is -0.489 e. The number of amides is 2. The molecule has 0 unspecified atom stereocenters. The quantitative estimate of drug-likeness (QED) is 0.171. The Bertz CT molecular complexity index is 1280. The van der Waals surface area contributed by atoms with Gasteiger partial charge in [0.2, 0.25) is 0 Å². The second-order valence-corrected chi connectivity index (χ2v) is 7.49. The minimum absolute atomic E-state index is 0.0927. The average molecular weight is 480 g/mol. The highest BCUT2D eigenvalue weighted by Gasteiger charge is 2.34. The number of rotatable bonds is 8. The largest absolute Gasteiger partial charge is 0.489 e. The fourth-order valence-corrected chi connectivity index (χ4v) is 3.42. The third-order valence-electron chi connectivity index (χ3n) is 4.85. The fourth-order valence-electron chi connectivity index (χ4n) is 3.23. The number of para-hydroxylation sites is 2. The summed E-state index contributed by atoms with van der Waals surface area (Å²) in [5.41, 5.74) is 2.79. The van der Waals surface area contributed by atoms with Crippen molar-refractivity contribution in [3.63, 3.8) is 0 Å². The Hall–Kier alpha value is -4.37. The van der Waals surface area contributed by atoms with Crippen molar-refractivity contribution in [2.45, 2.75) is 0 Å². The normalized spacial score (nSPS) is 14.3. The second-order valence-electron chi connectivity index (χ2n) is 7.08. The van der Waals surface area contributed by atoms with Crippen LogP contribution in [0.5, 0.6) is 11.5 Å². The molecule has 0 spiro atoms. The molecular weight excluding hydrogens is 462 g/mol. The summed E-state index contributed by atoms with van der Waals surface area (Å²) in [4.78, 5) is 36.1. The molecule has 1 aliphatic rings. The lowest BCUT2D eigenvalue weighted by Gasteiger charge is -2.14. The van der Waals surface area contributed by atoms with E-state index in [-0.39, 0.29) is 35.8 Å². The first-order valence-corrected chi connectivity index (χ1v) is 10.5. The van der Waals surface area contributed by atoms with E-state index in [9.17, 15) is 19.7 Å². The van der Waals surface area contributed by atoms with Crippen LogP contribution in [0.3, 0.4) is 0 Å². The molecule has 172 valence electrons. The summed E-state index contributed by atoms with van der Waals surface area (Å²) in [5.74, 6) is -0.475. The van der Waals surface area contributed by atoms with Crippen LogP contribution in [0.15, 0.2) is 78.4 Å². The third-order valence-corrected chi connectivity index (χ3v) is 5.16. The van der Waals surface area contributed by atoms with Gasteiger partial charge in [-0.25, -0.2) is 5.01 Å². The molecule has 1 aliphatic heterocycles. The number of nitrogens with one attached hydrogen (secondary N) is 1. The molecule has 0 bridgehead atoms. The van der Waals surface area contributed by atoms with Crippen LogP contribution in [0.25, 0.3) is 6.08 Å². The van der Waals surface area contributed by atoms with Gasteiger partial charge in [-0.1, -0.05) is 41.9 Å². The van der Waals surface area contributed by atoms with Crippen LogP contribution in [0.4, 0.5) is 11.4 Å². The first-order valence-electron chi connectivity index (χ1n) is 10.1. The number of carbonyl (C=O) groups excluding carboxylic acids is 2. The number of carbonyl (C=O) groups is 2. The summed E-state index contributed by atoms with van der Waals surface area (Å²) in [6, 6.07) is 19.5. The van der Waals surface area contributed by atoms with E-state index in [1.807, 2.05) is 0 Å². The van der Waals surface area contributed by atoms with Crippen molar-refractivity contribution in [3.05, 3.63) is 99.1 Å². The Kier molecular flexibility index (Phi) is 6.74. The van der Waals surface area contributed by atoms with E-state index < -0.39 is 16.7 Å². The van der Waals surface area contributed by atoms with Gasteiger partial charge in [-0.2, -0.15) is 0 Å². The predicted octanol–water partition coefficient (Wildman–Crippen LogP) is 4.17. The van der Waals surface area contributed by atoms with Gasteiger partial charge in [-0.15, -0.1) is 0 Å². The summed E-state index contributed by atoms with van der Waals surface area (Å²) in [6.07, 6.45) is 1.28. The highest BCUT2D eigenvalue weighted by Crippen LogP contribution is 2.29. The topological polar surface area (TPSA) is 111 Å². The van der Waals surface area contributed by atoms with Gasteiger partial charge in [0.15, 0.2) is 0 Å². The number of hydrogen-bond donors (Lipinski definition) is 1. The zero-order valence-corrected chi connectivity index (χ0v) is 18.4. The number of ether oxygens (including phenoxy) is 2. The maximum atomic E-state index is 12.9. The molecule has 1 heterocycles. The van der Waals surface area contributed by atoms with Crippen molar-refractivity contribution in [3.8, 4) is 11.5 Å². The summed E-state index contributed by atoms with van der Waals surface area (Å²) >= 11 is 6.06. The van der Waals surface area contributed by atoms with Gasteiger partial charge in [0.1, 0.15) is 30.3 Å². The summed E-state index contributed by atoms with van der Waals surface area (Å²) in [7, 11) is 0. The molecular formula is C24H18ClN3O6. The van der Waals surface area contributed by atoms with Crippen LogP contribution < -0.4 is 19.9 Å². The Morgan fingerprint density at radius 2 is 1.62 bits per heavy atom. The molecule has 0 atom stereocenters. The highest BCUT2D eigenvalue weighted by atomic mass is 35.5. The standard InChI is InChI=1S/C24H18ClN3O6/c25-20-8-4-5-9-22(20)34-13-12-33-21-11-10-18(28(31)32)14-16(21)15-19-23(29)26-27(24(19)30)17-6-2-1-3-7-17/h1-11,14-15H,12-13H2,(H,26,29)/b19-15+. The summed E-state index contributed by atoms with van der Waals surface area (Å²) in [5, 5.41) is 12.8. The SMILES string of the molecule is O=C1NN(c2ccccc2)C(=O)/C1=C/c1cc([N+](=O)[O-])ccc1OCCOc1ccccc1Cl. The number of nitrogens with zero attached hydrogens (tertiary/aromatic N) is 2. The minimum atomic E-state index is -0.631. The number of benzene rings is 3. The molecule has 3 aromatic rings. The molecule has 10 heteroatoms. The molecule has 1 fully saturated rings. The second kappa shape index (κ2) is 10.1. The van der Waals surface area contributed by atoms with Crippen LogP contribution in [-0.4, -0.2) is 30.0 Å². The lowest BCUT2D eigenvalue weighted by Crippen LogP contribution is -2.35. The average Bonchev–Trinajstić information content (AvgIpc) is 3.12. The number of halogens is 1. The fraction of sp³-hybridized carbons (Fsp3) is 0.0833. The first-order chi connectivity index (χ1) is 16.4. The molecule has 1 saturated heterocycles. The van der Waals surface area contributed by atoms with E-state index >= 15 is 0 Å². The number of anilines is 1. The summed E-state index contributed by atoms with van der Waals surface area (Å²) in [6.45, 7) is 0.243. The molecule has 2 amide bonds. The zero-order valence-electron chi connectivity index (χ0n) is 17.6. The predicted molar refractivity (Wildman–Crippen MR) is 126 cm³/mol. The van der Waals surface area contributed by atoms with Crippen LogP contribution in [0.2, 0.25) is 5.02 Å². The molecule has 4 rings (SSSR count). The first kappa shape index (κ1) is 22.8. The van der Waals surface area contributed by atoms with Crippen molar-refractivity contribution in [2.75, 3.05) is 18.2 Å². The molecule has 3 aromatic carbocycles. The monoisotopic (exact) mass is 479 g/mol. The van der Waals surface area contributed by atoms with Gasteiger partial charge in [-0.3, -0.25) is 25.1 Å². The van der Waals surface area contributed by atoms with E-state index in [1.165, 1.54) is 24.3 Å². The lowest BCUT2D eigenvalue weighted by molar-refractivity contribution is -0.384. The van der Waals surface area contributed by atoms with Crippen molar-refractivity contribution >= 4 is 40.9 Å². The molecule has 1 N–H and O–H groups in total. The van der Waals surface area contributed by atoms with Crippen molar-refractivity contribution in [1.29, 1.82) is 0 Å². The van der Waals surface area contributed by atoms with Crippen LogP contribution in [-0.2, 0) is 9.59 Å². The van der Waals surface area contributed by atoms with E-state index in [2.05, 4.69) is 5.43 Å². The van der Waals surface area contributed by atoms with E-state index in [4.69, 9.17) is 21.1 Å². The van der Waals surface area contributed by atoms with Crippen molar-refractivity contribution in [2.24, 2.45) is 0 Å². The third kappa shape index (κ3) is 5.00. The van der Waals surface area contributed by atoms with E-state index in [1.54, 1.807) is 54.6 Å². The van der Waals surface area contributed by atoms with Gasteiger partial charge in [0.05, 0.1) is 15.6 Å². The Morgan fingerprint density at radius 3 is 2.32 bits per heavy atom. The Labute approximate surface area is 199 Å². The smallest absolute Gasteiger partial charge is 0.282 e. The zero-order chi connectivity index (χ0) is 24.1. The Balaban J connectivity index is 1.55.